The van der Waals surface area contributed by atoms with E-state index in [9.17, 15) is 4.79 Å². The highest BCUT2D eigenvalue weighted by molar-refractivity contribution is 5.86. The maximum absolute atomic E-state index is 11.8. The molecule has 0 aromatic heterocycles. The zero-order valence-electron chi connectivity index (χ0n) is 8.85. The Hall–Kier alpha value is -0.330. The SMILES string of the molecule is CC1CC1C(C)C(=O)C(C)(C)C. The van der Waals surface area contributed by atoms with Crippen LogP contribution in [0.1, 0.15) is 41.0 Å². The molecule has 1 fully saturated rings. The standard InChI is InChI=1S/C11H20O/c1-7-6-9(7)8(2)10(12)11(3,4)5/h7-9H,6H2,1-5H3. The van der Waals surface area contributed by atoms with Gasteiger partial charge in [0.2, 0.25) is 0 Å². The van der Waals surface area contributed by atoms with E-state index in [1.807, 2.05) is 20.8 Å². The fraction of sp³-hybridized carbons (Fsp3) is 0.909. The molecule has 1 aliphatic rings. The number of ketones is 1. The summed E-state index contributed by atoms with van der Waals surface area (Å²) in [5.41, 5.74) is -0.151. The Kier molecular flexibility index (Phi) is 2.33. The minimum Gasteiger partial charge on any atom is -0.299 e. The first-order valence-corrected chi connectivity index (χ1v) is 4.88. The summed E-state index contributed by atoms with van der Waals surface area (Å²) in [7, 11) is 0. The lowest BCUT2D eigenvalue weighted by molar-refractivity contribution is -0.130. The summed E-state index contributed by atoms with van der Waals surface area (Å²) in [6.45, 7) is 10.4. The third-order valence-corrected chi connectivity index (χ3v) is 2.97. The van der Waals surface area contributed by atoms with Crippen LogP contribution in [0.4, 0.5) is 0 Å². The van der Waals surface area contributed by atoms with Crippen molar-refractivity contribution in [2.24, 2.45) is 23.2 Å². The minimum absolute atomic E-state index is 0.151. The summed E-state index contributed by atoms with van der Waals surface area (Å²) in [5, 5.41) is 0. The molecule has 1 nitrogen and oxygen atoms in total. The van der Waals surface area contributed by atoms with Gasteiger partial charge < -0.3 is 0 Å². The zero-order chi connectivity index (χ0) is 9.52. The van der Waals surface area contributed by atoms with E-state index in [4.69, 9.17) is 0 Å². The van der Waals surface area contributed by atoms with Crippen LogP contribution in [0, 0.1) is 23.2 Å². The van der Waals surface area contributed by atoms with E-state index in [-0.39, 0.29) is 11.3 Å². The summed E-state index contributed by atoms with van der Waals surface area (Å²) >= 11 is 0. The molecule has 3 atom stereocenters. The van der Waals surface area contributed by atoms with Crippen LogP contribution in [0.2, 0.25) is 0 Å². The normalized spacial score (nSPS) is 31.4. The van der Waals surface area contributed by atoms with Crippen LogP contribution in [0.15, 0.2) is 0 Å². The van der Waals surface area contributed by atoms with Crippen molar-refractivity contribution in [1.82, 2.24) is 0 Å². The smallest absolute Gasteiger partial charge is 0.141 e. The molecule has 0 radical (unpaired) electrons. The second-order valence-corrected chi connectivity index (χ2v) is 5.28. The molecule has 1 heteroatoms. The van der Waals surface area contributed by atoms with Crippen LogP contribution in [-0.2, 0) is 4.79 Å². The Labute approximate surface area is 75.5 Å². The first kappa shape index (κ1) is 9.76. The van der Waals surface area contributed by atoms with E-state index in [0.717, 1.165) is 5.92 Å². The Morgan fingerprint density at radius 2 is 1.83 bits per heavy atom. The topological polar surface area (TPSA) is 17.1 Å². The summed E-state index contributed by atoms with van der Waals surface area (Å²) in [5.74, 6) is 2.17. The lowest BCUT2D eigenvalue weighted by atomic mass is 9.81. The summed E-state index contributed by atoms with van der Waals surface area (Å²) in [6.07, 6.45) is 1.25. The molecule has 0 aromatic rings. The van der Waals surface area contributed by atoms with Gasteiger partial charge in [-0.1, -0.05) is 34.6 Å². The van der Waals surface area contributed by atoms with E-state index in [1.165, 1.54) is 6.42 Å². The van der Waals surface area contributed by atoms with Crippen molar-refractivity contribution < 1.29 is 4.79 Å². The molecule has 0 bridgehead atoms. The maximum atomic E-state index is 11.8. The van der Waals surface area contributed by atoms with Gasteiger partial charge in [-0.05, 0) is 18.3 Å². The van der Waals surface area contributed by atoms with Crippen molar-refractivity contribution in [3.05, 3.63) is 0 Å². The monoisotopic (exact) mass is 168 g/mol. The zero-order valence-corrected chi connectivity index (χ0v) is 8.85. The number of Topliss-reactive ketones (excluding diaryl/α,β-unsaturated/α-hetero) is 1. The molecule has 0 heterocycles. The fourth-order valence-corrected chi connectivity index (χ4v) is 1.93. The molecule has 0 aromatic carbocycles. The van der Waals surface area contributed by atoms with Crippen molar-refractivity contribution in [2.45, 2.75) is 41.0 Å². The molecule has 0 saturated heterocycles. The largest absolute Gasteiger partial charge is 0.299 e. The number of hydrogen-bond donors (Lipinski definition) is 0. The highest BCUT2D eigenvalue weighted by Gasteiger charge is 2.42. The molecule has 1 aliphatic carbocycles. The average Bonchev–Trinajstić information content (AvgIpc) is 2.62. The lowest BCUT2D eigenvalue weighted by Crippen LogP contribution is -2.28. The molecule has 0 aliphatic heterocycles. The summed E-state index contributed by atoms with van der Waals surface area (Å²) in [6, 6.07) is 0. The predicted molar refractivity (Wildman–Crippen MR) is 50.9 cm³/mol. The Morgan fingerprint density at radius 3 is 2.08 bits per heavy atom. The molecule has 70 valence electrons. The molecule has 1 rings (SSSR count). The minimum atomic E-state index is -0.151. The van der Waals surface area contributed by atoms with Gasteiger partial charge in [0.25, 0.3) is 0 Å². The van der Waals surface area contributed by atoms with E-state index in [1.54, 1.807) is 0 Å². The summed E-state index contributed by atoms with van der Waals surface area (Å²) < 4.78 is 0. The predicted octanol–water partition coefficient (Wildman–Crippen LogP) is 2.89. The van der Waals surface area contributed by atoms with E-state index in [0.29, 0.717) is 11.7 Å². The van der Waals surface area contributed by atoms with Crippen LogP contribution in [0.3, 0.4) is 0 Å². The molecule has 1 saturated carbocycles. The average molecular weight is 168 g/mol. The Balaban J connectivity index is 2.53. The van der Waals surface area contributed by atoms with Gasteiger partial charge in [0, 0.05) is 11.3 Å². The van der Waals surface area contributed by atoms with Crippen LogP contribution >= 0.6 is 0 Å². The second-order valence-electron chi connectivity index (χ2n) is 5.28. The van der Waals surface area contributed by atoms with Gasteiger partial charge in [-0.2, -0.15) is 0 Å². The molecule has 0 spiro atoms. The van der Waals surface area contributed by atoms with Crippen molar-refractivity contribution in [3.63, 3.8) is 0 Å². The second kappa shape index (κ2) is 2.86. The summed E-state index contributed by atoms with van der Waals surface area (Å²) in [4.78, 5) is 11.8. The van der Waals surface area contributed by atoms with Crippen molar-refractivity contribution in [1.29, 1.82) is 0 Å². The number of hydrogen-bond acceptors (Lipinski definition) is 1. The molecule has 3 unspecified atom stereocenters. The van der Waals surface area contributed by atoms with Crippen LogP contribution in [-0.4, -0.2) is 5.78 Å². The van der Waals surface area contributed by atoms with Gasteiger partial charge >= 0.3 is 0 Å². The highest BCUT2D eigenvalue weighted by atomic mass is 16.1. The number of rotatable bonds is 2. The maximum Gasteiger partial charge on any atom is 0.141 e. The molecular formula is C11H20O. The van der Waals surface area contributed by atoms with E-state index < -0.39 is 0 Å². The first-order chi connectivity index (χ1) is 5.34. The van der Waals surface area contributed by atoms with Gasteiger partial charge in [-0.25, -0.2) is 0 Å². The Morgan fingerprint density at radius 1 is 1.42 bits per heavy atom. The third kappa shape index (κ3) is 1.88. The van der Waals surface area contributed by atoms with Gasteiger partial charge in [-0.15, -0.1) is 0 Å². The third-order valence-electron chi connectivity index (χ3n) is 2.97. The van der Waals surface area contributed by atoms with Crippen molar-refractivity contribution in [3.8, 4) is 0 Å². The first-order valence-electron chi connectivity index (χ1n) is 4.88. The lowest BCUT2D eigenvalue weighted by Gasteiger charge is -2.21. The van der Waals surface area contributed by atoms with Gasteiger partial charge in [-0.3, -0.25) is 4.79 Å². The van der Waals surface area contributed by atoms with Crippen molar-refractivity contribution >= 4 is 5.78 Å². The molecular weight excluding hydrogens is 148 g/mol. The van der Waals surface area contributed by atoms with E-state index in [2.05, 4.69) is 13.8 Å². The van der Waals surface area contributed by atoms with Gasteiger partial charge in [0.05, 0.1) is 0 Å². The van der Waals surface area contributed by atoms with Crippen LogP contribution in [0.25, 0.3) is 0 Å². The Bertz CT molecular complexity index is 188. The number of carbonyl (C=O) groups excluding carboxylic acids is 1. The molecule has 12 heavy (non-hydrogen) atoms. The van der Waals surface area contributed by atoms with Crippen LogP contribution < -0.4 is 0 Å². The van der Waals surface area contributed by atoms with Gasteiger partial charge in [0.1, 0.15) is 5.78 Å². The van der Waals surface area contributed by atoms with E-state index >= 15 is 0 Å². The molecule has 0 amide bonds. The van der Waals surface area contributed by atoms with Gasteiger partial charge in [0.15, 0.2) is 0 Å². The highest BCUT2D eigenvalue weighted by Crippen LogP contribution is 2.45. The fourth-order valence-electron chi connectivity index (χ4n) is 1.93. The number of carbonyl (C=O) groups is 1. The van der Waals surface area contributed by atoms with Crippen LogP contribution in [0.5, 0.6) is 0 Å². The van der Waals surface area contributed by atoms with Crippen molar-refractivity contribution in [2.75, 3.05) is 0 Å². The quantitative estimate of drug-likeness (QED) is 0.619. The molecule has 0 N–H and O–H groups in total.